The number of carbonyl (C=O) groups is 2. The van der Waals surface area contributed by atoms with Crippen molar-refractivity contribution in [1.82, 2.24) is 20.0 Å². The zero-order chi connectivity index (χ0) is 23.6. The maximum absolute atomic E-state index is 13.2. The monoisotopic (exact) mass is 462 g/mol. The summed E-state index contributed by atoms with van der Waals surface area (Å²) in [4.78, 5) is 30.2. The van der Waals surface area contributed by atoms with Crippen LogP contribution in [0.25, 0.3) is 22.0 Å². The van der Waals surface area contributed by atoms with E-state index in [-0.39, 0.29) is 23.1 Å². The summed E-state index contributed by atoms with van der Waals surface area (Å²) in [5.74, 6) is 0.208. The first-order valence-electron chi connectivity index (χ1n) is 12.3. The first kappa shape index (κ1) is 20.4. The summed E-state index contributed by atoms with van der Waals surface area (Å²) in [6, 6.07) is 24.5. The number of carbonyl (C=O) groups excluding carboxylic acids is 2. The third-order valence-electron chi connectivity index (χ3n) is 8.01. The van der Waals surface area contributed by atoms with Crippen LogP contribution in [0, 0.1) is 5.41 Å². The molecule has 35 heavy (non-hydrogen) atoms. The minimum absolute atomic E-state index is 0.00226. The van der Waals surface area contributed by atoms with Crippen molar-refractivity contribution >= 4 is 22.7 Å². The molecule has 1 aromatic heterocycles. The summed E-state index contributed by atoms with van der Waals surface area (Å²) in [6.45, 7) is 2.87. The molecule has 7 rings (SSSR count). The molecule has 2 fully saturated rings. The number of benzene rings is 3. The van der Waals surface area contributed by atoms with E-state index in [0.717, 1.165) is 48.0 Å². The van der Waals surface area contributed by atoms with E-state index in [1.165, 1.54) is 11.1 Å². The molecule has 1 N–H and O–H groups in total. The predicted octanol–water partition coefficient (Wildman–Crippen LogP) is 4.24. The van der Waals surface area contributed by atoms with Gasteiger partial charge in [-0.3, -0.25) is 14.7 Å². The molecule has 0 bridgehead atoms. The molecule has 2 aliphatic heterocycles. The van der Waals surface area contributed by atoms with Crippen molar-refractivity contribution in [3.63, 3.8) is 0 Å². The van der Waals surface area contributed by atoms with E-state index in [4.69, 9.17) is 0 Å². The number of likely N-dealkylation sites (tertiary alicyclic amines) is 2. The molecule has 3 heterocycles. The van der Waals surface area contributed by atoms with Crippen LogP contribution >= 0.6 is 0 Å². The van der Waals surface area contributed by atoms with Gasteiger partial charge in [0.1, 0.15) is 0 Å². The smallest absolute Gasteiger partial charge is 0.275 e. The zero-order valence-corrected chi connectivity index (χ0v) is 19.4. The van der Waals surface area contributed by atoms with Crippen LogP contribution in [-0.4, -0.2) is 58.0 Å². The Morgan fingerprint density at radius 2 is 1.60 bits per heavy atom. The van der Waals surface area contributed by atoms with Crippen molar-refractivity contribution in [3.05, 3.63) is 89.6 Å². The van der Waals surface area contributed by atoms with Gasteiger partial charge in [-0.2, -0.15) is 5.10 Å². The fourth-order valence-electron chi connectivity index (χ4n) is 6.20. The highest BCUT2D eigenvalue weighted by molar-refractivity contribution is 6.05. The molecule has 3 aromatic carbocycles. The molecular weight excluding hydrogens is 436 g/mol. The second kappa shape index (κ2) is 7.54. The summed E-state index contributed by atoms with van der Waals surface area (Å²) >= 11 is 0. The Hall–Kier alpha value is -3.93. The van der Waals surface area contributed by atoms with Gasteiger partial charge in [0.25, 0.3) is 5.91 Å². The van der Waals surface area contributed by atoms with Gasteiger partial charge < -0.3 is 9.80 Å². The number of fused-ring (bicyclic) bond motifs is 2. The number of H-pyrrole nitrogens is 1. The van der Waals surface area contributed by atoms with Gasteiger partial charge >= 0.3 is 0 Å². The molecule has 1 atom stereocenters. The van der Waals surface area contributed by atoms with Gasteiger partial charge in [-0.05, 0) is 47.2 Å². The van der Waals surface area contributed by atoms with Crippen molar-refractivity contribution in [2.45, 2.75) is 18.8 Å². The summed E-state index contributed by atoms with van der Waals surface area (Å²) in [5, 5.41) is 8.25. The second-order valence-corrected chi connectivity index (χ2v) is 10.3. The normalized spacial score (nSPS) is 19.9. The molecule has 0 saturated carbocycles. The first-order valence-corrected chi connectivity index (χ1v) is 12.3. The topological polar surface area (TPSA) is 69.3 Å². The molecule has 6 heteroatoms. The van der Waals surface area contributed by atoms with E-state index < -0.39 is 0 Å². The van der Waals surface area contributed by atoms with E-state index in [0.29, 0.717) is 18.8 Å². The van der Waals surface area contributed by atoms with Gasteiger partial charge in [0.05, 0.1) is 11.4 Å². The number of nitrogens with one attached hydrogen (secondary N) is 1. The molecule has 1 aliphatic carbocycles. The number of hydrogen-bond donors (Lipinski definition) is 1. The summed E-state index contributed by atoms with van der Waals surface area (Å²) in [7, 11) is 0. The van der Waals surface area contributed by atoms with Gasteiger partial charge in [-0.1, -0.05) is 60.7 Å². The maximum atomic E-state index is 13.2. The minimum Gasteiger partial charge on any atom is -0.341 e. The first-order chi connectivity index (χ1) is 17.1. The Balaban J connectivity index is 1.01. The molecule has 2 amide bonds. The third-order valence-corrected chi connectivity index (χ3v) is 8.01. The average Bonchev–Trinajstić information content (AvgIpc) is 3.46. The predicted molar refractivity (Wildman–Crippen MR) is 134 cm³/mol. The SMILES string of the molecule is O=C(c1n[nH]c2cc(-c3ccccc3)ccc12)N1CC2(C1)CN(C(=O)C1CCc3ccccc31)C2. The molecule has 1 unspecified atom stereocenters. The van der Waals surface area contributed by atoms with Crippen molar-refractivity contribution in [2.75, 3.05) is 26.2 Å². The van der Waals surface area contributed by atoms with Crippen molar-refractivity contribution < 1.29 is 9.59 Å². The largest absolute Gasteiger partial charge is 0.341 e. The number of hydrogen-bond acceptors (Lipinski definition) is 3. The second-order valence-electron chi connectivity index (χ2n) is 10.3. The molecule has 174 valence electrons. The van der Waals surface area contributed by atoms with Crippen LogP contribution < -0.4 is 0 Å². The fourth-order valence-corrected chi connectivity index (χ4v) is 6.20. The third kappa shape index (κ3) is 3.20. The quantitative estimate of drug-likeness (QED) is 0.495. The highest BCUT2D eigenvalue weighted by Crippen LogP contribution is 2.43. The van der Waals surface area contributed by atoms with Crippen molar-refractivity contribution in [2.24, 2.45) is 5.41 Å². The molecular formula is C29H26N4O2. The molecule has 2 saturated heterocycles. The van der Waals surface area contributed by atoms with Gasteiger partial charge in [0, 0.05) is 37.0 Å². The zero-order valence-electron chi connectivity index (χ0n) is 19.4. The highest BCUT2D eigenvalue weighted by atomic mass is 16.2. The molecule has 0 radical (unpaired) electrons. The van der Waals surface area contributed by atoms with Crippen LogP contribution in [0.5, 0.6) is 0 Å². The van der Waals surface area contributed by atoms with Crippen molar-refractivity contribution in [3.8, 4) is 11.1 Å². The number of nitrogens with zero attached hydrogens (tertiary/aromatic N) is 3. The Morgan fingerprint density at radius 1 is 0.857 bits per heavy atom. The minimum atomic E-state index is -0.0381. The van der Waals surface area contributed by atoms with Crippen LogP contribution in [0.3, 0.4) is 0 Å². The standard InChI is InChI=1S/C29H26N4O2/c34-27(23-12-10-20-8-4-5-9-22(20)23)32-15-29(16-32)17-33(18-29)28(35)26-24-13-11-21(14-25(24)30-31-26)19-6-2-1-3-7-19/h1-9,11,13-14,23H,10,12,15-18H2,(H,30,31). The van der Waals surface area contributed by atoms with E-state index in [9.17, 15) is 9.59 Å². The molecule has 4 aromatic rings. The molecule has 3 aliphatic rings. The lowest BCUT2D eigenvalue weighted by atomic mass is 9.72. The molecule has 1 spiro atoms. The van der Waals surface area contributed by atoms with E-state index >= 15 is 0 Å². The van der Waals surface area contributed by atoms with Gasteiger partial charge in [0.15, 0.2) is 5.69 Å². The van der Waals surface area contributed by atoms with Crippen molar-refractivity contribution in [1.29, 1.82) is 0 Å². The van der Waals surface area contributed by atoms with Gasteiger partial charge in [-0.25, -0.2) is 0 Å². The van der Waals surface area contributed by atoms with Crippen LogP contribution in [0.2, 0.25) is 0 Å². The Labute approximate surface area is 203 Å². The Bertz CT molecular complexity index is 1460. The van der Waals surface area contributed by atoms with Crippen LogP contribution in [0.1, 0.15) is 34.0 Å². The number of aromatic nitrogens is 2. The Morgan fingerprint density at radius 3 is 2.43 bits per heavy atom. The lowest BCUT2D eigenvalue weighted by Gasteiger charge is -2.60. The summed E-state index contributed by atoms with van der Waals surface area (Å²) in [5.41, 5.74) is 6.12. The Kier molecular flexibility index (Phi) is 4.40. The fraction of sp³-hybridized carbons (Fsp3) is 0.276. The average molecular weight is 463 g/mol. The lowest BCUT2D eigenvalue weighted by molar-refractivity contribution is -0.156. The van der Waals surface area contributed by atoms with Crippen LogP contribution in [-0.2, 0) is 11.2 Å². The molecule has 6 nitrogen and oxygen atoms in total. The number of rotatable bonds is 3. The number of aryl methyl sites for hydroxylation is 1. The highest BCUT2D eigenvalue weighted by Gasteiger charge is 2.55. The number of amides is 2. The summed E-state index contributed by atoms with van der Waals surface area (Å²) in [6.07, 6.45) is 1.89. The lowest BCUT2D eigenvalue weighted by Crippen LogP contribution is -2.73. The van der Waals surface area contributed by atoms with E-state index in [1.54, 1.807) is 0 Å². The van der Waals surface area contributed by atoms with Gasteiger partial charge in [-0.15, -0.1) is 0 Å². The van der Waals surface area contributed by atoms with Crippen LogP contribution in [0.4, 0.5) is 0 Å². The van der Waals surface area contributed by atoms with Gasteiger partial charge in [0.2, 0.25) is 5.91 Å². The van der Waals surface area contributed by atoms with E-state index in [2.05, 4.69) is 40.5 Å². The number of aromatic amines is 1. The van der Waals surface area contributed by atoms with E-state index in [1.807, 2.05) is 52.3 Å². The maximum Gasteiger partial charge on any atom is 0.275 e. The van der Waals surface area contributed by atoms with Crippen LogP contribution in [0.15, 0.2) is 72.8 Å². The summed E-state index contributed by atoms with van der Waals surface area (Å²) < 4.78 is 0.